The number of carbonyl (C=O) groups is 1. The fourth-order valence-corrected chi connectivity index (χ4v) is 2.26. The number of carboxylic acids is 1. The molecule has 1 aliphatic carbocycles. The summed E-state index contributed by atoms with van der Waals surface area (Å²) in [5, 5.41) is 10.1. The first-order valence-corrected chi connectivity index (χ1v) is 6.22. The molecule has 1 aliphatic rings. The van der Waals surface area contributed by atoms with Crippen LogP contribution in [-0.2, 0) is 4.79 Å². The van der Waals surface area contributed by atoms with E-state index < -0.39 is 5.97 Å². The Morgan fingerprint density at radius 3 is 2.27 bits per heavy atom. The average molecular weight is 211 g/mol. The van der Waals surface area contributed by atoms with Crippen molar-refractivity contribution >= 4 is 5.97 Å². The second-order valence-electron chi connectivity index (χ2n) is 5.57. The van der Waals surface area contributed by atoms with E-state index in [1.54, 1.807) is 0 Å². The van der Waals surface area contributed by atoms with E-state index in [1.165, 1.54) is 32.1 Å². The molecule has 1 saturated carbocycles. The summed E-state index contributed by atoms with van der Waals surface area (Å²) in [4.78, 5) is 10.1. The predicted molar refractivity (Wildman–Crippen MR) is 59.2 cm³/mol. The lowest BCUT2D eigenvalue weighted by Gasteiger charge is -2.04. The van der Waals surface area contributed by atoms with Gasteiger partial charge in [-0.25, -0.2) is 0 Å². The van der Waals surface area contributed by atoms with E-state index in [0.29, 0.717) is 5.41 Å². The molecule has 0 aromatic carbocycles. The first kappa shape index (κ1) is 12.5. The van der Waals surface area contributed by atoms with Gasteiger partial charge in [0.15, 0.2) is 0 Å². The maximum absolute atomic E-state index is 10.1. The molecule has 0 spiro atoms. The molecule has 15 heavy (non-hydrogen) atoms. The third kappa shape index (κ3) is 5.19. The monoisotopic (exact) mass is 211 g/mol. The van der Waals surface area contributed by atoms with Crippen LogP contribution >= 0.6 is 0 Å². The maximum Gasteiger partial charge on any atom is 0.0414 e. The minimum absolute atomic E-state index is 0.232. The summed E-state index contributed by atoms with van der Waals surface area (Å²) < 4.78 is 0. The summed E-state index contributed by atoms with van der Waals surface area (Å²) in [7, 11) is 0. The standard InChI is InChI=1S/C13H24O2/c1-13(2)10-11(13)8-6-4-3-5-7-9-12(14)15/h11H,3-10H2,1-2H3,(H,14,15)/p-1. The molecular formula is C13H23O2-. The Bertz CT molecular complexity index is 209. The lowest BCUT2D eigenvalue weighted by atomic mass is 10.0. The third-order valence-corrected chi connectivity index (χ3v) is 3.65. The molecule has 0 aromatic rings. The molecule has 0 aromatic heterocycles. The maximum atomic E-state index is 10.1. The Kier molecular flexibility index (Phi) is 4.62. The fourth-order valence-electron chi connectivity index (χ4n) is 2.26. The molecule has 1 unspecified atom stereocenters. The number of carboxylic acid groups (broad SMARTS) is 1. The van der Waals surface area contributed by atoms with Gasteiger partial charge in [-0.15, -0.1) is 0 Å². The summed E-state index contributed by atoms with van der Waals surface area (Å²) in [6.45, 7) is 4.69. The van der Waals surface area contributed by atoms with Crippen molar-refractivity contribution in [3.05, 3.63) is 0 Å². The van der Waals surface area contributed by atoms with Crippen LogP contribution in [0, 0.1) is 11.3 Å². The van der Waals surface area contributed by atoms with Gasteiger partial charge in [0.05, 0.1) is 0 Å². The van der Waals surface area contributed by atoms with Gasteiger partial charge in [0.2, 0.25) is 0 Å². The highest BCUT2D eigenvalue weighted by molar-refractivity contribution is 5.63. The largest absolute Gasteiger partial charge is 0.550 e. The Hall–Kier alpha value is -0.530. The highest BCUT2D eigenvalue weighted by Crippen LogP contribution is 2.54. The van der Waals surface area contributed by atoms with Gasteiger partial charge in [-0.1, -0.05) is 39.5 Å². The molecule has 1 fully saturated rings. The van der Waals surface area contributed by atoms with Gasteiger partial charge in [-0.2, -0.15) is 0 Å². The van der Waals surface area contributed by atoms with Gasteiger partial charge in [0.25, 0.3) is 0 Å². The van der Waals surface area contributed by atoms with Gasteiger partial charge >= 0.3 is 0 Å². The van der Waals surface area contributed by atoms with E-state index in [2.05, 4.69) is 13.8 Å². The van der Waals surface area contributed by atoms with E-state index in [-0.39, 0.29) is 6.42 Å². The zero-order valence-electron chi connectivity index (χ0n) is 10.1. The number of aliphatic carboxylic acids is 1. The van der Waals surface area contributed by atoms with Crippen LogP contribution in [-0.4, -0.2) is 5.97 Å². The highest BCUT2D eigenvalue weighted by Gasteiger charge is 2.44. The van der Waals surface area contributed by atoms with Gasteiger partial charge in [0, 0.05) is 5.97 Å². The number of carbonyl (C=O) groups excluding carboxylic acids is 1. The molecule has 1 atom stereocenters. The van der Waals surface area contributed by atoms with Crippen LogP contribution in [0.1, 0.15) is 65.2 Å². The molecule has 0 aliphatic heterocycles. The van der Waals surface area contributed by atoms with Crippen molar-refractivity contribution in [1.82, 2.24) is 0 Å². The average Bonchev–Trinajstić information content (AvgIpc) is 2.72. The second-order valence-corrected chi connectivity index (χ2v) is 5.57. The van der Waals surface area contributed by atoms with Gasteiger partial charge in [0.1, 0.15) is 0 Å². The van der Waals surface area contributed by atoms with Crippen molar-refractivity contribution in [3.8, 4) is 0 Å². The van der Waals surface area contributed by atoms with Crippen LogP contribution in [0.2, 0.25) is 0 Å². The molecule has 0 bridgehead atoms. The van der Waals surface area contributed by atoms with E-state index in [1.807, 2.05) is 0 Å². The van der Waals surface area contributed by atoms with Gasteiger partial charge in [-0.3, -0.25) is 0 Å². The molecule has 0 heterocycles. The number of hydrogen-bond acceptors (Lipinski definition) is 2. The van der Waals surface area contributed by atoms with E-state index in [4.69, 9.17) is 0 Å². The molecule has 2 heteroatoms. The molecule has 0 saturated heterocycles. The molecular weight excluding hydrogens is 188 g/mol. The van der Waals surface area contributed by atoms with Crippen molar-refractivity contribution in [2.45, 2.75) is 65.2 Å². The normalized spacial score (nSPS) is 22.7. The minimum atomic E-state index is -0.908. The minimum Gasteiger partial charge on any atom is -0.550 e. The first-order chi connectivity index (χ1) is 7.02. The smallest absolute Gasteiger partial charge is 0.0414 e. The Morgan fingerprint density at radius 2 is 1.73 bits per heavy atom. The van der Waals surface area contributed by atoms with Crippen LogP contribution in [0.15, 0.2) is 0 Å². The highest BCUT2D eigenvalue weighted by atomic mass is 16.4. The summed E-state index contributed by atoms with van der Waals surface area (Å²) in [5.41, 5.74) is 0.620. The van der Waals surface area contributed by atoms with Crippen molar-refractivity contribution < 1.29 is 9.90 Å². The summed E-state index contributed by atoms with van der Waals surface area (Å²) in [5.74, 6) is 0.0513. The summed E-state index contributed by atoms with van der Waals surface area (Å²) >= 11 is 0. The van der Waals surface area contributed by atoms with Crippen LogP contribution in [0.4, 0.5) is 0 Å². The fraction of sp³-hybridized carbons (Fsp3) is 0.923. The van der Waals surface area contributed by atoms with E-state index in [0.717, 1.165) is 18.8 Å². The quantitative estimate of drug-likeness (QED) is 0.579. The van der Waals surface area contributed by atoms with Crippen LogP contribution < -0.4 is 5.11 Å². The third-order valence-electron chi connectivity index (χ3n) is 3.65. The zero-order valence-corrected chi connectivity index (χ0v) is 10.1. The predicted octanol–water partition coefficient (Wildman–Crippen LogP) is 2.51. The Labute approximate surface area is 93.1 Å². The first-order valence-electron chi connectivity index (χ1n) is 6.22. The Morgan fingerprint density at radius 1 is 1.20 bits per heavy atom. The SMILES string of the molecule is CC1(C)CC1CCCCCCCC(=O)[O-]. The molecule has 2 nitrogen and oxygen atoms in total. The van der Waals surface area contributed by atoms with Crippen LogP contribution in [0.25, 0.3) is 0 Å². The van der Waals surface area contributed by atoms with E-state index in [9.17, 15) is 9.90 Å². The van der Waals surface area contributed by atoms with Crippen molar-refractivity contribution in [2.24, 2.45) is 11.3 Å². The lowest BCUT2D eigenvalue weighted by molar-refractivity contribution is -0.305. The topological polar surface area (TPSA) is 40.1 Å². The molecule has 1 rings (SSSR count). The second kappa shape index (κ2) is 5.53. The lowest BCUT2D eigenvalue weighted by Crippen LogP contribution is -2.21. The van der Waals surface area contributed by atoms with Crippen molar-refractivity contribution in [1.29, 1.82) is 0 Å². The van der Waals surface area contributed by atoms with E-state index >= 15 is 0 Å². The summed E-state index contributed by atoms with van der Waals surface area (Å²) in [6, 6.07) is 0. The zero-order chi connectivity index (χ0) is 11.3. The number of rotatable bonds is 8. The van der Waals surface area contributed by atoms with Crippen LogP contribution in [0.5, 0.6) is 0 Å². The van der Waals surface area contributed by atoms with Crippen molar-refractivity contribution in [3.63, 3.8) is 0 Å². The molecule has 0 radical (unpaired) electrons. The Balaban J connectivity index is 1.80. The van der Waals surface area contributed by atoms with Gasteiger partial charge < -0.3 is 9.90 Å². The van der Waals surface area contributed by atoms with Crippen molar-refractivity contribution in [2.75, 3.05) is 0 Å². The number of hydrogen-bond donors (Lipinski definition) is 0. The summed E-state index contributed by atoms with van der Waals surface area (Å²) in [6.07, 6.45) is 8.60. The molecule has 88 valence electrons. The van der Waals surface area contributed by atoms with Crippen LogP contribution in [0.3, 0.4) is 0 Å². The molecule has 0 amide bonds. The molecule has 0 N–H and O–H groups in total. The van der Waals surface area contributed by atoms with Gasteiger partial charge in [-0.05, 0) is 37.0 Å². The number of unbranched alkanes of at least 4 members (excludes halogenated alkanes) is 4.